The average Bonchev–Trinajstić information content (AvgIpc) is 2.34. The van der Waals surface area contributed by atoms with Gasteiger partial charge in [0.15, 0.2) is 0 Å². The van der Waals surface area contributed by atoms with Gasteiger partial charge < -0.3 is 5.11 Å². The SMILES string of the molecule is OC(Cc1cc(Cl)ccc1F)c1cccc(I)c1. The Labute approximate surface area is 124 Å². The van der Waals surface area contributed by atoms with E-state index in [4.69, 9.17) is 11.6 Å². The van der Waals surface area contributed by atoms with Crippen molar-refractivity contribution >= 4 is 34.2 Å². The molecule has 1 nitrogen and oxygen atoms in total. The molecule has 0 saturated heterocycles. The number of aliphatic hydroxyl groups excluding tert-OH is 1. The third kappa shape index (κ3) is 3.43. The molecule has 0 aliphatic rings. The molecule has 18 heavy (non-hydrogen) atoms. The van der Waals surface area contributed by atoms with Crippen LogP contribution in [-0.2, 0) is 6.42 Å². The van der Waals surface area contributed by atoms with Crippen molar-refractivity contribution in [3.63, 3.8) is 0 Å². The summed E-state index contributed by atoms with van der Waals surface area (Å²) >= 11 is 8.00. The van der Waals surface area contributed by atoms with Crippen molar-refractivity contribution in [1.82, 2.24) is 0 Å². The number of benzene rings is 2. The fourth-order valence-corrected chi connectivity index (χ4v) is 2.50. The summed E-state index contributed by atoms with van der Waals surface area (Å²) in [6.45, 7) is 0. The predicted octanol–water partition coefficient (Wildman–Crippen LogP) is 4.36. The third-order valence-corrected chi connectivity index (χ3v) is 3.56. The highest BCUT2D eigenvalue weighted by Crippen LogP contribution is 2.23. The van der Waals surface area contributed by atoms with E-state index in [0.717, 1.165) is 9.13 Å². The molecular weight excluding hydrogens is 366 g/mol. The van der Waals surface area contributed by atoms with E-state index >= 15 is 0 Å². The van der Waals surface area contributed by atoms with E-state index in [1.807, 2.05) is 24.3 Å². The van der Waals surface area contributed by atoms with Crippen molar-refractivity contribution in [2.24, 2.45) is 0 Å². The molecule has 0 spiro atoms. The number of hydrogen-bond acceptors (Lipinski definition) is 1. The van der Waals surface area contributed by atoms with Gasteiger partial charge in [0.05, 0.1) is 6.10 Å². The van der Waals surface area contributed by atoms with Crippen LogP contribution < -0.4 is 0 Å². The highest BCUT2D eigenvalue weighted by atomic mass is 127. The van der Waals surface area contributed by atoms with Gasteiger partial charge in [-0.1, -0.05) is 23.7 Å². The molecule has 1 atom stereocenters. The molecule has 4 heteroatoms. The second-order valence-corrected chi connectivity index (χ2v) is 5.69. The summed E-state index contributed by atoms with van der Waals surface area (Å²) in [7, 11) is 0. The van der Waals surface area contributed by atoms with Crippen molar-refractivity contribution in [3.8, 4) is 0 Å². The summed E-state index contributed by atoms with van der Waals surface area (Å²) in [6.07, 6.45) is -0.514. The van der Waals surface area contributed by atoms with Crippen LogP contribution in [0.5, 0.6) is 0 Å². The Morgan fingerprint density at radius 3 is 2.72 bits per heavy atom. The van der Waals surface area contributed by atoms with E-state index in [1.165, 1.54) is 12.1 Å². The second-order valence-electron chi connectivity index (χ2n) is 4.01. The molecule has 0 radical (unpaired) electrons. The van der Waals surface area contributed by atoms with Gasteiger partial charge >= 0.3 is 0 Å². The lowest BCUT2D eigenvalue weighted by Gasteiger charge is -2.12. The largest absolute Gasteiger partial charge is 0.388 e. The molecule has 2 rings (SSSR count). The minimum atomic E-state index is -0.729. The Bertz CT molecular complexity index is 559. The van der Waals surface area contributed by atoms with Crippen LogP contribution >= 0.6 is 34.2 Å². The van der Waals surface area contributed by atoms with Gasteiger partial charge in [-0.3, -0.25) is 0 Å². The van der Waals surface area contributed by atoms with Gasteiger partial charge in [-0.2, -0.15) is 0 Å². The Hall–Kier alpha value is -0.650. The second kappa shape index (κ2) is 5.99. The van der Waals surface area contributed by atoms with Crippen LogP contribution in [0.25, 0.3) is 0 Å². The van der Waals surface area contributed by atoms with Gasteiger partial charge in [0.2, 0.25) is 0 Å². The fourth-order valence-electron chi connectivity index (χ4n) is 1.74. The minimum absolute atomic E-state index is 0.215. The quantitative estimate of drug-likeness (QED) is 0.789. The molecule has 1 N–H and O–H groups in total. The molecular formula is C14H11ClFIO. The molecule has 0 aliphatic heterocycles. The van der Waals surface area contributed by atoms with E-state index in [-0.39, 0.29) is 12.2 Å². The van der Waals surface area contributed by atoms with Crippen LogP contribution in [0.4, 0.5) is 4.39 Å². The van der Waals surface area contributed by atoms with Crippen LogP contribution in [0.2, 0.25) is 5.02 Å². The van der Waals surface area contributed by atoms with Crippen LogP contribution in [0.15, 0.2) is 42.5 Å². The molecule has 2 aromatic carbocycles. The monoisotopic (exact) mass is 376 g/mol. The predicted molar refractivity (Wildman–Crippen MR) is 79.2 cm³/mol. The lowest BCUT2D eigenvalue weighted by Crippen LogP contribution is -2.03. The van der Waals surface area contributed by atoms with Crippen LogP contribution in [0.1, 0.15) is 17.2 Å². The summed E-state index contributed by atoms with van der Waals surface area (Å²) < 4.78 is 14.6. The van der Waals surface area contributed by atoms with Crippen molar-refractivity contribution in [2.75, 3.05) is 0 Å². The highest BCUT2D eigenvalue weighted by molar-refractivity contribution is 14.1. The smallest absolute Gasteiger partial charge is 0.126 e. The summed E-state index contributed by atoms with van der Waals surface area (Å²) in [6, 6.07) is 11.9. The molecule has 0 saturated carbocycles. The van der Waals surface area contributed by atoms with Gasteiger partial charge in [0.25, 0.3) is 0 Å². The van der Waals surface area contributed by atoms with Crippen LogP contribution in [0, 0.1) is 9.39 Å². The van der Waals surface area contributed by atoms with Crippen LogP contribution in [0.3, 0.4) is 0 Å². The zero-order chi connectivity index (χ0) is 13.1. The van der Waals surface area contributed by atoms with Gasteiger partial charge in [0.1, 0.15) is 5.82 Å². The van der Waals surface area contributed by atoms with E-state index < -0.39 is 6.10 Å². The Morgan fingerprint density at radius 1 is 1.22 bits per heavy atom. The number of hydrogen-bond donors (Lipinski definition) is 1. The zero-order valence-corrected chi connectivity index (χ0v) is 12.3. The maximum atomic E-state index is 13.6. The summed E-state index contributed by atoms with van der Waals surface area (Å²) in [5, 5.41) is 10.6. The normalized spacial score (nSPS) is 12.4. The molecule has 0 aliphatic carbocycles. The van der Waals surface area contributed by atoms with E-state index in [2.05, 4.69) is 22.6 Å². The lowest BCUT2D eigenvalue weighted by molar-refractivity contribution is 0.177. The van der Waals surface area contributed by atoms with Gasteiger partial charge in [-0.15, -0.1) is 0 Å². The average molecular weight is 377 g/mol. The Kier molecular flexibility index (Phi) is 4.59. The van der Waals surface area contributed by atoms with E-state index in [0.29, 0.717) is 10.6 Å². The first-order valence-electron chi connectivity index (χ1n) is 5.44. The van der Waals surface area contributed by atoms with Crippen molar-refractivity contribution in [2.45, 2.75) is 12.5 Å². The van der Waals surface area contributed by atoms with Crippen molar-refractivity contribution < 1.29 is 9.50 Å². The third-order valence-electron chi connectivity index (χ3n) is 2.65. The summed E-state index contributed by atoms with van der Waals surface area (Å²) in [5.41, 5.74) is 1.20. The number of aliphatic hydroxyl groups is 1. The highest BCUT2D eigenvalue weighted by Gasteiger charge is 2.12. The van der Waals surface area contributed by atoms with Gasteiger partial charge in [-0.05, 0) is 64.0 Å². The summed E-state index contributed by atoms with van der Waals surface area (Å²) in [4.78, 5) is 0. The standard InChI is InChI=1S/C14H11ClFIO/c15-11-4-5-13(16)10(6-11)8-14(18)9-2-1-3-12(17)7-9/h1-7,14,18H,8H2. The molecule has 0 heterocycles. The molecule has 1 unspecified atom stereocenters. The minimum Gasteiger partial charge on any atom is -0.388 e. The molecule has 0 fully saturated rings. The van der Waals surface area contributed by atoms with E-state index in [9.17, 15) is 9.50 Å². The van der Waals surface area contributed by atoms with Crippen molar-refractivity contribution in [1.29, 1.82) is 0 Å². The molecule has 0 bridgehead atoms. The fraction of sp³-hybridized carbons (Fsp3) is 0.143. The van der Waals surface area contributed by atoms with E-state index in [1.54, 1.807) is 6.07 Å². The van der Waals surface area contributed by atoms with Gasteiger partial charge in [-0.25, -0.2) is 4.39 Å². The summed E-state index contributed by atoms with van der Waals surface area (Å²) in [5.74, 6) is -0.343. The first kappa shape index (κ1) is 13.8. The van der Waals surface area contributed by atoms with Crippen molar-refractivity contribution in [3.05, 3.63) is 68.0 Å². The molecule has 2 aromatic rings. The molecule has 0 amide bonds. The first-order valence-corrected chi connectivity index (χ1v) is 6.89. The Morgan fingerprint density at radius 2 is 2.00 bits per heavy atom. The Balaban J connectivity index is 2.21. The molecule has 94 valence electrons. The zero-order valence-electron chi connectivity index (χ0n) is 9.41. The first-order chi connectivity index (χ1) is 8.56. The topological polar surface area (TPSA) is 20.2 Å². The maximum Gasteiger partial charge on any atom is 0.126 e. The number of rotatable bonds is 3. The maximum absolute atomic E-state index is 13.6. The number of halogens is 3. The molecule has 0 aromatic heterocycles. The lowest BCUT2D eigenvalue weighted by atomic mass is 10.0. The van der Waals surface area contributed by atoms with Crippen LogP contribution in [-0.4, -0.2) is 5.11 Å². The van der Waals surface area contributed by atoms with Gasteiger partial charge in [0, 0.05) is 15.0 Å².